The number of carbonyl (C=O) groups is 2. The molecule has 5 heteroatoms. The van der Waals surface area contributed by atoms with Gasteiger partial charge in [-0.1, -0.05) is 39.8 Å². The van der Waals surface area contributed by atoms with Crippen molar-refractivity contribution in [3.05, 3.63) is 29.8 Å². The first-order chi connectivity index (χ1) is 12.3. The van der Waals surface area contributed by atoms with E-state index in [0.717, 1.165) is 0 Å². The molecular formula is C21H31NO4. The highest BCUT2D eigenvalue weighted by molar-refractivity contribution is 5.81. The molecule has 5 nitrogen and oxygen atoms in total. The van der Waals surface area contributed by atoms with E-state index in [0.29, 0.717) is 38.1 Å². The lowest BCUT2D eigenvalue weighted by Crippen LogP contribution is -2.46. The van der Waals surface area contributed by atoms with Crippen molar-refractivity contribution in [1.82, 2.24) is 4.90 Å². The number of nitrogens with zero attached hydrogens (tertiary/aromatic N) is 1. The number of amides is 1. The molecule has 1 fully saturated rings. The van der Waals surface area contributed by atoms with Crippen molar-refractivity contribution in [3.63, 3.8) is 0 Å². The van der Waals surface area contributed by atoms with Crippen LogP contribution in [0.4, 0.5) is 0 Å². The van der Waals surface area contributed by atoms with E-state index < -0.39 is 6.10 Å². The van der Waals surface area contributed by atoms with Gasteiger partial charge in [0.2, 0.25) is 0 Å². The highest BCUT2D eigenvalue weighted by Crippen LogP contribution is 2.25. The molecule has 1 atom stereocenters. The smallest absolute Gasteiger partial charge is 0.308 e. The lowest BCUT2D eigenvalue weighted by atomic mass is 9.87. The van der Waals surface area contributed by atoms with Crippen molar-refractivity contribution in [3.8, 4) is 5.75 Å². The number of methoxy groups -OCH3 is 1. The molecule has 2 rings (SSSR count). The van der Waals surface area contributed by atoms with Gasteiger partial charge in [0.15, 0.2) is 6.10 Å². The first kappa shape index (κ1) is 20.3. The summed E-state index contributed by atoms with van der Waals surface area (Å²) < 4.78 is 10.8. The Labute approximate surface area is 156 Å². The Morgan fingerprint density at radius 2 is 1.73 bits per heavy atom. The van der Waals surface area contributed by atoms with Gasteiger partial charge in [0.1, 0.15) is 5.75 Å². The molecule has 0 bridgehead atoms. The van der Waals surface area contributed by atoms with Crippen LogP contribution in [0.3, 0.4) is 0 Å². The summed E-state index contributed by atoms with van der Waals surface area (Å²) in [6, 6.07) is 7.96. The van der Waals surface area contributed by atoms with Gasteiger partial charge in [-0.05, 0) is 42.4 Å². The van der Waals surface area contributed by atoms with E-state index in [1.807, 2.05) is 31.2 Å². The molecule has 0 radical (unpaired) electrons. The van der Waals surface area contributed by atoms with E-state index >= 15 is 0 Å². The second kappa shape index (κ2) is 8.56. The number of piperidine rings is 1. The average molecular weight is 361 g/mol. The largest absolute Gasteiger partial charge is 0.481 e. The third-order valence-corrected chi connectivity index (χ3v) is 4.99. The van der Waals surface area contributed by atoms with Crippen LogP contribution in [-0.2, 0) is 19.7 Å². The van der Waals surface area contributed by atoms with Gasteiger partial charge in [0, 0.05) is 13.1 Å². The normalized spacial score (nSPS) is 16.9. The van der Waals surface area contributed by atoms with Gasteiger partial charge in [-0.3, -0.25) is 9.59 Å². The van der Waals surface area contributed by atoms with E-state index in [2.05, 4.69) is 20.8 Å². The third-order valence-electron chi connectivity index (χ3n) is 4.99. The Bertz CT molecular complexity index is 610. The van der Waals surface area contributed by atoms with Crippen LogP contribution in [0.5, 0.6) is 5.75 Å². The quantitative estimate of drug-likeness (QED) is 0.753. The molecule has 0 saturated carbocycles. The number of likely N-dealkylation sites (tertiary alicyclic amines) is 1. The maximum absolute atomic E-state index is 12.8. The van der Waals surface area contributed by atoms with E-state index in [-0.39, 0.29) is 23.2 Å². The number of rotatable bonds is 5. The molecule has 1 aromatic carbocycles. The standard InChI is InChI=1S/C21H31NO4/c1-6-18(26-17-9-7-16(8-10-17)21(2,3)4)19(23)22-13-11-15(12-14-22)20(24)25-5/h7-10,15,18H,6,11-14H2,1-5H3. The zero-order valence-corrected chi connectivity index (χ0v) is 16.6. The minimum Gasteiger partial charge on any atom is -0.481 e. The van der Waals surface area contributed by atoms with Gasteiger partial charge < -0.3 is 14.4 Å². The predicted molar refractivity (Wildman–Crippen MR) is 101 cm³/mol. The molecule has 1 saturated heterocycles. The van der Waals surface area contributed by atoms with Crippen LogP contribution in [0.25, 0.3) is 0 Å². The van der Waals surface area contributed by atoms with Gasteiger partial charge in [0.05, 0.1) is 13.0 Å². The van der Waals surface area contributed by atoms with E-state index in [4.69, 9.17) is 9.47 Å². The van der Waals surface area contributed by atoms with Gasteiger partial charge in [-0.25, -0.2) is 0 Å². The summed E-state index contributed by atoms with van der Waals surface area (Å²) in [7, 11) is 1.41. The fourth-order valence-electron chi connectivity index (χ4n) is 3.21. The topological polar surface area (TPSA) is 55.8 Å². The maximum Gasteiger partial charge on any atom is 0.308 e. The lowest BCUT2D eigenvalue weighted by molar-refractivity contribution is -0.150. The molecule has 1 heterocycles. The minimum absolute atomic E-state index is 0.00397. The summed E-state index contributed by atoms with van der Waals surface area (Å²) in [6.07, 6.45) is 1.41. The lowest BCUT2D eigenvalue weighted by Gasteiger charge is -2.33. The van der Waals surface area contributed by atoms with Crippen LogP contribution in [-0.4, -0.2) is 43.1 Å². The Morgan fingerprint density at radius 3 is 2.19 bits per heavy atom. The summed E-state index contributed by atoms with van der Waals surface area (Å²) in [5, 5.41) is 0. The molecule has 1 unspecified atom stereocenters. The summed E-state index contributed by atoms with van der Waals surface area (Å²) in [4.78, 5) is 26.2. The zero-order valence-electron chi connectivity index (χ0n) is 16.6. The van der Waals surface area contributed by atoms with Gasteiger partial charge >= 0.3 is 5.97 Å². The minimum atomic E-state index is -0.495. The van der Waals surface area contributed by atoms with Crippen LogP contribution in [0.15, 0.2) is 24.3 Å². The Kier molecular flexibility index (Phi) is 6.68. The zero-order chi connectivity index (χ0) is 19.3. The summed E-state index contributed by atoms with van der Waals surface area (Å²) in [6.45, 7) is 9.59. The number of ether oxygens (including phenoxy) is 2. The van der Waals surface area contributed by atoms with E-state index in [9.17, 15) is 9.59 Å². The highest BCUT2D eigenvalue weighted by atomic mass is 16.5. The fraction of sp³-hybridized carbons (Fsp3) is 0.619. The van der Waals surface area contributed by atoms with Crippen molar-refractivity contribution in [2.24, 2.45) is 5.92 Å². The summed E-state index contributed by atoms with van der Waals surface area (Å²) in [5.74, 6) is 0.424. The molecule has 0 aromatic heterocycles. The molecule has 0 aliphatic carbocycles. The van der Waals surface area contributed by atoms with Crippen LogP contribution in [0, 0.1) is 5.92 Å². The van der Waals surface area contributed by atoms with Crippen LogP contribution in [0.2, 0.25) is 0 Å². The third kappa shape index (κ3) is 4.99. The first-order valence-corrected chi connectivity index (χ1v) is 9.40. The molecule has 1 aromatic rings. The SMILES string of the molecule is CCC(Oc1ccc(C(C)(C)C)cc1)C(=O)N1CCC(C(=O)OC)CC1. The van der Waals surface area contributed by atoms with E-state index in [1.165, 1.54) is 12.7 Å². The van der Waals surface area contributed by atoms with Crippen molar-refractivity contribution in [1.29, 1.82) is 0 Å². The molecule has 144 valence electrons. The second-order valence-electron chi connectivity index (χ2n) is 7.91. The molecule has 1 amide bonds. The molecule has 26 heavy (non-hydrogen) atoms. The molecular weight excluding hydrogens is 330 g/mol. The number of esters is 1. The number of hydrogen-bond donors (Lipinski definition) is 0. The van der Waals surface area contributed by atoms with Crippen molar-refractivity contribution >= 4 is 11.9 Å². The predicted octanol–water partition coefficient (Wildman–Crippen LogP) is 3.55. The van der Waals surface area contributed by atoms with Gasteiger partial charge in [0.25, 0.3) is 5.91 Å². The number of carbonyl (C=O) groups excluding carboxylic acids is 2. The Hall–Kier alpha value is -2.04. The maximum atomic E-state index is 12.8. The molecule has 1 aliphatic rings. The first-order valence-electron chi connectivity index (χ1n) is 9.40. The number of benzene rings is 1. The average Bonchev–Trinajstić information content (AvgIpc) is 2.64. The van der Waals surface area contributed by atoms with Crippen molar-refractivity contribution in [2.45, 2.75) is 58.5 Å². The molecule has 0 spiro atoms. The Balaban J connectivity index is 1.96. The fourth-order valence-corrected chi connectivity index (χ4v) is 3.21. The summed E-state index contributed by atoms with van der Waals surface area (Å²) in [5.41, 5.74) is 1.32. The number of hydrogen-bond acceptors (Lipinski definition) is 4. The molecule has 1 aliphatic heterocycles. The second-order valence-corrected chi connectivity index (χ2v) is 7.91. The van der Waals surface area contributed by atoms with E-state index in [1.54, 1.807) is 4.90 Å². The highest BCUT2D eigenvalue weighted by Gasteiger charge is 2.31. The van der Waals surface area contributed by atoms with Gasteiger partial charge in [-0.15, -0.1) is 0 Å². The van der Waals surface area contributed by atoms with Gasteiger partial charge in [-0.2, -0.15) is 0 Å². The van der Waals surface area contributed by atoms with Crippen molar-refractivity contribution < 1.29 is 19.1 Å². The van der Waals surface area contributed by atoms with Crippen molar-refractivity contribution in [2.75, 3.05) is 20.2 Å². The summed E-state index contributed by atoms with van der Waals surface area (Å²) >= 11 is 0. The van der Waals surface area contributed by atoms with Crippen LogP contribution >= 0.6 is 0 Å². The monoisotopic (exact) mass is 361 g/mol. The Morgan fingerprint density at radius 1 is 1.15 bits per heavy atom. The van der Waals surface area contributed by atoms with Crippen LogP contribution < -0.4 is 4.74 Å². The van der Waals surface area contributed by atoms with Crippen LogP contribution in [0.1, 0.15) is 52.5 Å². The molecule has 0 N–H and O–H groups in total.